The first kappa shape index (κ1) is 22.0. The summed E-state index contributed by atoms with van der Waals surface area (Å²) >= 11 is 0. The van der Waals surface area contributed by atoms with Crippen molar-refractivity contribution < 1.29 is 30.8 Å². The lowest BCUT2D eigenvalue weighted by atomic mass is 10.1. The van der Waals surface area contributed by atoms with Crippen LogP contribution in [0.4, 0.5) is 13.2 Å². The summed E-state index contributed by atoms with van der Waals surface area (Å²) in [6.45, 7) is 2.03. The maximum Gasteiger partial charge on any atom is 0.416 e. The SMILES string of the molecule is CCS(=O)(=O)N(C)CCCNC(=O)c1ccc(-c2cccc(C(F)(F)F)c2)o1. The van der Waals surface area contributed by atoms with Gasteiger partial charge < -0.3 is 9.73 Å². The van der Waals surface area contributed by atoms with E-state index in [1.165, 1.54) is 35.6 Å². The van der Waals surface area contributed by atoms with Gasteiger partial charge in [0.25, 0.3) is 5.91 Å². The van der Waals surface area contributed by atoms with Gasteiger partial charge in [-0.3, -0.25) is 4.79 Å². The van der Waals surface area contributed by atoms with E-state index in [0.29, 0.717) is 6.42 Å². The van der Waals surface area contributed by atoms with E-state index in [1.807, 2.05) is 0 Å². The Morgan fingerprint density at radius 3 is 2.57 bits per heavy atom. The summed E-state index contributed by atoms with van der Waals surface area (Å²) in [4.78, 5) is 12.1. The number of sulfonamides is 1. The number of carbonyl (C=O) groups is 1. The number of benzene rings is 1. The normalized spacial score (nSPS) is 12.4. The number of rotatable bonds is 8. The van der Waals surface area contributed by atoms with E-state index in [-0.39, 0.29) is 35.9 Å². The summed E-state index contributed by atoms with van der Waals surface area (Å²) < 4.78 is 68.3. The number of amides is 1. The number of nitrogens with one attached hydrogen (secondary N) is 1. The molecule has 0 aliphatic rings. The van der Waals surface area contributed by atoms with Crippen LogP contribution in [-0.4, -0.2) is 44.5 Å². The Morgan fingerprint density at radius 2 is 1.93 bits per heavy atom. The smallest absolute Gasteiger partial charge is 0.416 e. The molecule has 0 saturated heterocycles. The van der Waals surface area contributed by atoms with Crippen molar-refractivity contribution in [2.75, 3.05) is 25.9 Å². The highest BCUT2D eigenvalue weighted by molar-refractivity contribution is 7.89. The van der Waals surface area contributed by atoms with E-state index in [9.17, 15) is 26.4 Å². The van der Waals surface area contributed by atoms with Gasteiger partial charge in [-0.15, -0.1) is 0 Å². The summed E-state index contributed by atoms with van der Waals surface area (Å²) in [7, 11) is -1.80. The summed E-state index contributed by atoms with van der Waals surface area (Å²) in [5.74, 6) is -0.424. The molecule has 1 heterocycles. The number of hydrogen-bond acceptors (Lipinski definition) is 4. The van der Waals surface area contributed by atoms with E-state index in [0.717, 1.165) is 12.1 Å². The molecular weight excluding hydrogens is 397 g/mol. The fraction of sp³-hybridized carbons (Fsp3) is 0.389. The van der Waals surface area contributed by atoms with Gasteiger partial charge in [-0.2, -0.15) is 13.2 Å². The molecule has 0 aliphatic carbocycles. The molecule has 10 heteroatoms. The third kappa shape index (κ3) is 5.59. The first-order valence-corrected chi connectivity index (χ1v) is 10.1. The molecule has 2 rings (SSSR count). The van der Waals surface area contributed by atoms with Crippen molar-refractivity contribution in [1.29, 1.82) is 0 Å². The van der Waals surface area contributed by atoms with E-state index in [1.54, 1.807) is 6.92 Å². The van der Waals surface area contributed by atoms with Crippen molar-refractivity contribution in [1.82, 2.24) is 9.62 Å². The second-order valence-corrected chi connectivity index (χ2v) is 8.44. The lowest BCUT2D eigenvalue weighted by Gasteiger charge is -2.15. The fourth-order valence-electron chi connectivity index (χ4n) is 2.41. The molecule has 0 aliphatic heterocycles. The monoisotopic (exact) mass is 418 g/mol. The van der Waals surface area contributed by atoms with Crippen LogP contribution in [0.15, 0.2) is 40.8 Å². The van der Waals surface area contributed by atoms with Gasteiger partial charge in [0, 0.05) is 25.7 Å². The molecule has 154 valence electrons. The Labute approximate surface area is 161 Å². The Balaban J connectivity index is 1.94. The zero-order valence-electron chi connectivity index (χ0n) is 15.4. The maximum atomic E-state index is 12.8. The highest BCUT2D eigenvalue weighted by Gasteiger charge is 2.30. The van der Waals surface area contributed by atoms with Crippen molar-refractivity contribution in [2.24, 2.45) is 0 Å². The third-order valence-corrected chi connectivity index (χ3v) is 5.94. The minimum absolute atomic E-state index is 0.000566. The number of halogens is 3. The van der Waals surface area contributed by atoms with Crippen molar-refractivity contribution in [2.45, 2.75) is 19.5 Å². The van der Waals surface area contributed by atoms with Crippen molar-refractivity contribution >= 4 is 15.9 Å². The zero-order chi connectivity index (χ0) is 20.9. The van der Waals surface area contributed by atoms with Crippen molar-refractivity contribution in [3.8, 4) is 11.3 Å². The number of nitrogens with zero attached hydrogens (tertiary/aromatic N) is 1. The minimum Gasteiger partial charge on any atom is -0.451 e. The molecule has 28 heavy (non-hydrogen) atoms. The van der Waals surface area contributed by atoms with Gasteiger partial charge in [-0.1, -0.05) is 12.1 Å². The van der Waals surface area contributed by atoms with Gasteiger partial charge in [0.2, 0.25) is 10.0 Å². The molecule has 1 aromatic heterocycles. The van der Waals surface area contributed by atoms with Crippen LogP contribution < -0.4 is 5.32 Å². The molecule has 0 unspecified atom stereocenters. The number of carbonyl (C=O) groups excluding carboxylic acids is 1. The van der Waals surface area contributed by atoms with Crippen LogP contribution in [0.2, 0.25) is 0 Å². The van der Waals surface area contributed by atoms with Gasteiger partial charge >= 0.3 is 6.18 Å². The fourth-order valence-corrected chi connectivity index (χ4v) is 3.26. The second-order valence-electron chi connectivity index (χ2n) is 6.07. The van der Waals surface area contributed by atoms with Crippen LogP contribution in [-0.2, 0) is 16.2 Å². The minimum atomic E-state index is -4.47. The molecule has 1 aromatic carbocycles. The zero-order valence-corrected chi connectivity index (χ0v) is 16.2. The Kier molecular flexibility index (Phi) is 6.89. The Morgan fingerprint density at radius 1 is 1.21 bits per heavy atom. The largest absolute Gasteiger partial charge is 0.451 e. The van der Waals surface area contributed by atoms with Crippen LogP contribution in [0.5, 0.6) is 0 Å². The van der Waals surface area contributed by atoms with Crippen molar-refractivity contribution in [3.63, 3.8) is 0 Å². The molecule has 6 nitrogen and oxygen atoms in total. The Bertz CT molecular complexity index is 923. The molecule has 0 saturated carbocycles. The molecule has 0 spiro atoms. The molecule has 0 bridgehead atoms. The second kappa shape index (κ2) is 8.78. The Hall–Kier alpha value is -2.33. The predicted octanol–water partition coefficient (Wildman–Crippen LogP) is 3.37. The lowest BCUT2D eigenvalue weighted by molar-refractivity contribution is -0.137. The van der Waals surface area contributed by atoms with Crippen LogP contribution in [0.1, 0.15) is 29.5 Å². The van der Waals surface area contributed by atoms with Gasteiger partial charge in [0.15, 0.2) is 5.76 Å². The molecule has 1 N–H and O–H groups in total. The van der Waals surface area contributed by atoms with E-state index in [4.69, 9.17) is 4.42 Å². The quantitative estimate of drug-likeness (QED) is 0.667. The van der Waals surface area contributed by atoms with Crippen LogP contribution in [0, 0.1) is 0 Å². The van der Waals surface area contributed by atoms with E-state index < -0.39 is 27.7 Å². The van der Waals surface area contributed by atoms with Crippen LogP contribution in [0.3, 0.4) is 0 Å². The van der Waals surface area contributed by atoms with E-state index in [2.05, 4.69) is 5.32 Å². The molecule has 0 atom stereocenters. The van der Waals surface area contributed by atoms with Gasteiger partial charge in [-0.05, 0) is 37.6 Å². The summed E-state index contributed by atoms with van der Waals surface area (Å²) in [6, 6.07) is 7.42. The van der Waals surface area contributed by atoms with Crippen LogP contribution in [0.25, 0.3) is 11.3 Å². The summed E-state index contributed by atoms with van der Waals surface area (Å²) in [6.07, 6.45) is -4.07. The summed E-state index contributed by atoms with van der Waals surface area (Å²) in [5, 5.41) is 2.59. The predicted molar refractivity (Wildman–Crippen MR) is 98.2 cm³/mol. The molecule has 2 aromatic rings. The first-order valence-electron chi connectivity index (χ1n) is 8.54. The number of hydrogen-bond donors (Lipinski definition) is 1. The standard InChI is InChI=1S/C18H21F3N2O4S/c1-3-28(25,26)23(2)11-5-10-22-17(24)16-9-8-15(27-16)13-6-4-7-14(12-13)18(19,20)21/h4,6-9,12H,3,5,10-11H2,1-2H3,(H,22,24). The molecule has 0 radical (unpaired) electrons. The summed E-state index contributed by atoms with van der Waals surface area (Å²) in [5.41, 5.74) is -0.598. The first-order chi connectivity index (χ1) is 13.0. The highest BCUT2D eigenvalue weighted by atomic mass is 32.2. The highest BCUT2D eigenvalue weighted by Crippen LogP contribution is 2.32. The number of alkyl halides is 3. The molecule has 0 fully saturated rings. The third-order valence-electron chi connectivity index (χ3n) is 4.08. The lowest BCUT2D eigenvalue weighted by Crippen LogP contribution is -2.32. The average molecular weight is 418 g/mol. The van der Waals surface area contributed by atoms with Gasteiger partial charge in [-0.25, -0.2) is 12.7 Å². The number of furan rings is 1. The molecule has 1 amide bonds. The molecular formula is C18H21F3N2O4S. The maximum absolute atomic E-state index is 12.8. The topological polar surface area (TPSA) is 79.6 Å². The van der Waals surface area contributed by atoms with Crippen molar-refractivity contribution in [3.05, 3.63) is 47.7 Å². The average Bonchev–Trinajstić information content (AvgIpc) is 3.14. The van der Waals surface area contributed by atoms with Gasteiger partial charge in [0.05, 0.1) is 11.3 Å². The van der Waals surface area contributed by atoms with Gasteiger partial charge in [0.1, 0.15) is 5.76 Å². The van der Waals surface area contributed by atoms with E-state index >= 15 is 0 Å². The van der Waals surface area contributed by atoms with Crippen LogP contribution >= 0.6 is 0 Å².